The zero-order valence-electron chi connectivity index (χ0n) is 10.6. The number of ether oxygens (including phenoxy) is 1. The van der Waals surface area contributed by atoms with Crippen LogP contribution in [0.25, 0.3) is 0 Å². The highest BCUT2D eigenvalue weighted by Crippen LogP contribution is 2.26. The average Bonchev–Trinajstić information content (AvgIpc) is 2.30. The third-order valence-corrected chi connectivity index (χ3v) is 2.77. The van der Waals surface area contributed by atoms with Crippen molar-refractivity contribution in [1.29, 1.82) is 0 Å². The lowest BCUT2D eigenvalue weighted by Gasteiger charge is -2.17. The molecule has 0 aromatic heterocycles. The Hall–Kier alpha value is -1.38. The highest BCUT2D eigenvalue weighted by molar-refractivity contribution is 5.78. The van der Waals surface area contributed by atoms with Gasteiger partial charge < -0.3 is 4.74 Å². The molecule has 0 aliphatic heterocycles. The Morgan fingerprint density at radius 2 is 2.12 bits per heavy atom. The van der Waals surface area contributed by atoms with Crippen molar-refractivity contribution in [2.24, 2.45) is 0 Å². The summed E-state index contributed by atoms with van der Waals surface area (Å²) in [7, 11) is 0. The zero-order chi connectivity index (χ0) is 12.8. The van der Waals surface area contributed by atoms with Crippen LogP contribution in [0.4, 0.5) is 4.39 Å². The minimum atomic E-state index is -0.351. The third kappa shape index (κ3) is 3.55. The Kier molecular flexibility index (Phi) is 5.13. The summed E-state index contributed by atoms with van der Waals surface area (Å²) in [6.07, 6.45) is 1.54. The molecular formula is C14H19FO2. The lowest BCUT2D eigenvalue weighted by molar-refractivity contribution is -0.145. The van der Waals surface area contributed by atoms with E-state index >= 15 is 0 Å². The molecule has 0 saturated carbocycles. The molecular weight excluding hydrogens is 219 g/mol. The van der Waals surface area contributed by atoms with Crippen molar-refractivity contribution in [2.75, 3.05) is 6.61 Å². The van der Waals surface area contributed by atoms with Crippen molar-refractivity contribution in [3.05, 3.63) is 35.1 Å². The molecule has 0 heterocycles. The quantitative estimate of drug-likeness (QED) is 0.733. The molecule has 0 aliphatic carbocycles. The van der Waals surface area contributed by atoms with Crippen LogP contribution in [0.3, 0.4) is 0 Å². The lowest BCUT2D eigenvalue weighted by Crippen LogP contribution is -2.17. The van der Waals surface area contributed by atoms with E-state index in [2.05, 4.69) is 0 Å². The maximum absolute atomic E-state index is 13.2. The summed E-state index contributed by atoms with van der Waals surface area (Å²) in [6, 6.07) is 4.55. The topological polar surface area (TPSA) is 26.3 Å². The fourth-order valence-corrected chi connectivity index (χ4v) is 1.92. The molecule has 1 aromatic carbocycles. The van der Waals surface area contributed by atoms with Crippen molar-refractivity contribution in [3.63, 3.8) is 0 Å². The first-order valence-electron chi connectivity index (χ1n) is 6.02. The molecule has 1 rings (SSSR count). The van der Waals surface area contributed by atoms with Gasteiger partial charge in [0.25, 0.3) is 0 Å². The number of halogens is 1. The van der Waals surface area contributed by atoms with Gasteiger partial charge in [0, 0.05) is 0 Å². The van der Waals surface area contributed by atoms with Crippen LogP contribution in [0.15, 0.2) is 18.2 Å². The van der Waals surface area contributed by atoms with Crippen LogP contribution in [0.2, 0.25) is 0 Å². The molecule has 1 unspecified atom stereocenters. The van der Waals surface area contributed by atoms with Crippen LogP contribution in [-0.4, -0.2) is 12.6 Å². The van der Waals surface area contributed by atoms with Gasteiger partial charge in [-0.3, -0.25) is 4.79 Å². The fourth-order valence-electron chi connectivity index (χ4n) is 1.92. The molecule has 0 N–H and O–H groups in total. The molecule has 0 saturated heterocycles. The largest absolute Gasteiger partial charge is 0.466 e. The Bertz CT molecular complexity index is 388. The van der Waals surface area contributed by atoms with Crippen molar-refractivity contribution >= 4 is 5.97 Å². The van der Waals surface area contributed by atoms with Gasteiger partial charge in [0.05, 0.1) is 12.5 Å². The smallest absolute Gasteiger partial charge is 0.313 e. The lowest BCUT2D eigenvalue weighted by atomic mass is 9.91. The van der Waals surface area contributed by atoms with E-state index < -0.39 is 0 Å². The van der Waals surface area contributed by atoms with Gasteiger partial charge in [-0.05, 0) is 43.5 Å². The van der Waals surface area contributed by atoms with Gasteiger partial charge in [-0.15, -0.1) is 0 Å². The second kappa shape index (κ2) is 6.38. The highest BCUT2D eigenvalue weighted by Gasteiger charge is 2.23. The molecule has 1 aromatic rings. The first-order valence-corrected chi connectivity index (χ1v) is 6.02. The molecule has 0 amide bonds. The summed E-state index contributed by atoms with van der Waals surface area (Å²) in [6.45, 7) is 6.02. The summed E-state index contributed by atoms with van der Waals surface area (Å²) < 4.78 is 18.3. The number of rotatable bonds is 5. The minimum Gasteiger partial charge on any atom is -0.466 e. The van der Waals surface area contributed by atoms with Crippen LogP contribution in [-0.2, 0) is 9.53 Å². The standard InChI is InChI=1S/C14H19FO2/c1-4-6-12(14(16)17-5-2)13-9-11(15)8-7-10(13)3/h7-9,12H,4-6H2,1-3H3. The van der Waals surface area contributed by atoms with Crippen molar-refractivity contribution in [3.8, 4) is 0 Å². The van der Waals surface area contributed by atoms with Crippen molar-refractivity contribution in [2.45, 2.75) is 39.5 Å². The Morgan fingerprint density at radius 3 is 2.71 bits per heavy atom. The van der Waals surface area contributed by atoms with Gasteiger partial charge in [0.2, 0.25) is 0 Å². The van der Waals surface area contributed by atoms with Gasteiger partial charge in [0.15, 0.2) is 0 Å². The van der Waals surface area contributed by atoms with Crippen LogP contribution in [0.5, 0.6) is 0 Å². The van der Waals surface area contributed by atoms with E-state index in [-0.39, 0.29) is 17.7 Å². The molecule has 0 spiro atoms. The number of carbonyl (C=O) groups is 1. The maximum atomic E-state index is 13.2. The summed E-state index contributed by atoms with van der Waals surface area (Å²) in [5.41, 5.74) is 1.67. The van der Waals surface area contributed by atoms with Crippen LogP contribution >= 0.6 is 0 Å². The molecule has 2 nitrogen and oxygen atoms in total. The fraction of sp³-hybridized carbons (Fsp3) is 0.500. The summed E-state index contributed by atoms with van der Waals surface area (Å²) >= 11 is 0. The van der Waals surface area contributed by atoms with E-state index in [1.54, 1.807) is 13.0 Å². The van der Waals surface area contributed by atoms with Gasteiger partial charge >= 0.3 is 5.97 Å². The Balaban J connectivity index is 3.04. The van der Waals surface area contributed by atoms with Crippen LogP contribution < -0.4 is 0 Å². The molecule has 3 heteroatoms. The number of carbonyl (C=O) groups excluding carboxylic acids is 1. The summed E-state index contributed by atoms with van der Waals surface area (Å²) in [4.78, 5) is 11.9. The molecule has 0 fully saturated rings. The van der Waals surface area contributed by atoms with E-state index in [9.17, 15) is 9.18 Å². The monoisotopic (exact) mass is 238 g/mol. The van der Waals surface area contributed by atoms with Gasteiger partial charge in [-0.25, -0.2) is 4.39 Å². The van der Waals surface area contributed by atoms with Crippen LogP contribution in [0, 0.1) is 12.7 Å². The average molecular weight is 238 g/mol. The third-order valence-electron chi connectivity index (χ3n) is 2.77. The van der Waals surface area contributed by atoms with E-state index in [4.69, 9.17) is 4.74 Å². The molecule has 1 atom stereocenters. The maximum Gasteiger partial charge on any atom is 0.313 e. The second-order valence-electron chi connectivity index (χ2n) is 4.09. The van der Waals surface area contributed by atoms with Gasteiger partial charge in [-0.2, -0.15) is 0 Å². The first-order chi connectivity index (χ1) is 8.10. The first kappa shape index (κ1) is 13.7. The van der Waals surface area contributed by atoms with E-state index in [1.807, 2.05) is 13.8 Å². The normalized spacial score (nSPS) is 12.2. The van der Waals surface area contributed by atoms with E-state index in [0.29, 0.717) is 13.0 Å². The molecule has 0 radical (unpaired) electrons. The molecule has 0 aliphatic rings. The highest BCUT2D eigenvalue weighted by atomic mass is 19.1. The van der Waals surface area contributed by atoms with Crippen LogP contribution in [0.1, 0.15) is 43.7 Å². The van der Waals surface area contributed by atoms with Gasteiger partial charge in [0.1, 0.15) is 5.82 Å². The molecule has 94 valence electrons. The van der Waals surface area contributed by atoms with E-state index in [1.165, 1.54) is 12.1 Å². The van der Waals surface area contributed by atoms with E-state index in [0.717, 1.165) is 17.5 Å². The van der Waals surface area contributed by atoms with Crippen molar-refractivity contribution in [1.82, 2.24) is 0 Å². The predicted molar refractivity (Wildman–Crippen MR) is 65.4 cm³/mol. The minimum absolute atomic E-state index is 0.261. The second-order valence-corrected chi connectivity index (χ2v) is 4.09. The molecule has 0 bridgehead atoms. The summed E-state index contributed by atoms with van der Waals surface area (Å²) in [5, 5.41) is 0. The Morgan fingerprint density at radius 1 is 1.41 bits per heavy atom. The summed E-state index contributed by atoms with van der Waals surface area (Å²) in [5.74, 6) is -0.922. The number of hydrogen-bond acceptors (Lipinski definition) is 2. The zero-order valence-corrected chi connectivity index (χ0v) is 10.6. The molecule has 17 heavy (non-hydrogen) atoms. The number of hydrogen-bond donors (Lipinski definition) is 0. The SMILES string of the molecule is CCCC(C(=O)OCC)c1cc(F)ccc1C. The predicted octanol–water partition coefficient (Wildman–Crippen LogP) is 3.58. The Labute approximate surface area is 102 Å². The number of esters is 1. The van der Waals surface area contributed by atoms with Crippen molar-refractivity contribution < 1.29 is 13.9 Å². The number of aryl methyl sites for hydroxylation is 1. The number of benzene rings is 1. The van der Waals surface area contributed by atoms with Gasteiger partial charge in [-0.1, -0.05) is 19.4 Å².